The molecule has 1 aromatic carbocycles. The lowest BCUT2D eigenvalue weighted by molar-refractivity contribution is -0.141. The molecule has 30 heavy (non-hydrogen) atoms. The lowest BCUT2D eigenvalue weighted by atomic mass is 9.95. The molecule has 6 heteroatoms. The van der Waals surface area contributed by atoms with Gasteiger partial charge >= 0.3 is 0 Å². The molecule has 2 aliphatic rings. The Morgan fingerprint density at radius 2 is 1.47 bits per heavy atom. The third kappa shape index (κ3) is 4.31. The van der Waals surface area contributed by atoms with Crippen molar-refractivity contribution in [3.63, 3.8) is 0 Å². The van der Waals surface area contributed by atoms with Crippen molar-refractivity contribution in [2.45, 2.75) is 97.0 Å². The van der Waals surface area contributed by atoms with Crippen LogP contribution < -0.4 is 0 Å². The molecular weight excluding hydrogens is 396 g/mol. The highest BCUT2D eigenvalue weighted by Gasteiger charge is 2.38. The molecule has 2 fully saturated rings. The van der Waals surface area contributed by atoms with E-state index in [0.717, 1.165) is 35.1 Å². The third-order valence-electron chi connectivity index (χ3n) is 7.23. The minimum atomic E-state index is -3.56. The second-order valence-electron chi connectivity index (χ2n) is 9.55. The van der Waals surface area contributed by atoms with E-state index in [1.165, 1.54) is 12.8 Å². The number of amides is 1. The lowest BCUT2D eigenvalue weighted by Gasteiger charge is -2.38. The molecule has 168 valence electrons. The van der Waals surface area contributed by atoms with E-state index in [9.17, 15) is 13.2 Å². The maximum Gasteiger partial charge on any atom is 0.243 e. The van der Waals surface area contributed by atoms with Crippen LogP contribution in [0.3, 0.4) is 0 Å². The molecule has 1 aliphatic heterocycles. The van der Waals surface area contributed by atoms with Gasteiger partial charge in [0.2, 0.25) is 15.9 Å². The molecule has 1 saturated carbocycles. The van der Waals surface area contributed by atoms with Gasteiger partial charge in [-0.15, -0.1) is 0 Å². The molecule has 0 N–H and O–H groups in total. The number of nitrogens with zero attached hydrogens (tertiary/aromatic N) is 2. The number of aryl methyl sites for hydroxylation is 2. The molecule has 0 radical (unpaired) electrons. The average molecular weight is 435 g/mol. The molecule has 0 atom stereocenters. The molecule has 0 bridgehead atoms. The van der Waals surface area contributed by atoms with Gasteiger partial charge in [0.25, 0.3) is 0 Å². The summed E-state index contributed by atoms with van der Waals surface area (Å²) in [5.74, 6) is 0.161. The van der Waals surface area contributed by atoms with Gasteiger partial charge in [-0.05, 0) is 89.5 Å². The Bertz CT molecular complexity index is 867. The van der Waals surface area contributed by atoms with Gasteiger partial charge in [0, 0.05) is 31.1 Å². The molecular formula is C24H38N2O3S. The highest BCUT2D eigenvalue weighted by Crippen LogP contribution is 2.33. The number of benzene rings is 1. The maximum atomic E-state index is 13.5. The van der Waals surface area contributed by atoms with Gasteiger partial charge in [0.05, 0.1) is 4.90 Å². The lowest BCUT2D eigenvalue weighted by Crippen LogP contribution is -2.49. The molecule has 1 amide bonds. The van der Waals surface area contributed by atoms with E-state index in [-0.39, 0.29) is 17.9 Å². The van der Waals surface area contributed by atoms with Crippen LogP contribution in [0.4, 0.5) is 0 Å². The van der Waals surface area contributed by atoms with E-state index < -0.39 is 10.0 Å². The topological polar surface area (TPSA) is 57.7 Å². The van der Waals surface area contributed by atoms with Crippen molar-refractivity contribution in [2.24, 2.45) is 5.92 Å². The maximum absolute atomic E-state index is 13.5. The number of hydrogen-bond donors (Lipinski definition) is 0. The average Bonchev–Trinajstić information content (AvgIpc) is 3.20. The van der Waals surface area contributed by atoms with Crippen molar-refractivity contribution in [2.75, 3.05) is 13.1 Å². The molecule has 1 aliphatic carbocycles. The first-order valence-corrected chi connectivity index (χ1v) is 12.9. The summed E-state index contributed by atoms with van der Waals surface area (Å²) in [6.07, 6.45) is 5.82. The quantitative estimate of drug-likeness (QED) is 0.685. The first-order valence-electron chi connectivity index (χ1n) is 11.5. The van der Waals surface area contributed by atoms with Crippen LogP contribution in [0.1, 0.15) is 74.6 Å². The fourth-order valence-electron chi connectivity index (χ4n) is 5.29. The van der Waals surface area contributed by atoms with Crippen LogP contribution in [-0.4, -0.2) is 48.7 Å². The Balaban J connectivity index is 1.76. The highest BCUT2D eigenvalue weighted by atomic mass is 32.2. The fourth-order valence-corrected chi connectivity index (χ4v) is 7.33. The molecule has 0 aromatic heterocycles. The minimum absolute atomic E-state index is 0.0686. The van der Waals surface area contributed by atoms with Gasteiger partial charge in [0.1, 0.15) is 0 Å². The van der Waals surface area contributed by atoms with Gasteiger partial charge in [-0.3, -0.25) is 4.79 Å². The SMILES string of the molecule is Cc1cc(C)c(C)c(S(=O)(=O)N2CCC(C(=O)N(C(C)C)C3CCCC3)CC2)c1C. The third-order valence-corrected chi connectivity index (χ3v) is 9.40. The van der Waals surface area contributed by atoms with Crippen molar-refractivity contribution in [1.29, 1.82) is 0 Å². The summed E-state index contributed by atoms with van der Waals surface area (Å²) in [6, 6.07) is 2.61. The van der Waals surface area contributed by atoms with Gasteiger partial charge in [-0.25, -0.2) is 8.42 Å². The second kappa shape index (κ2) is 8.99. The van der Waals surface area contributed by atoms with Crippen LogP contribution >= 0.6 is 0 Å². The van der Waals surface area contributed by atoms with Crippen LogP contribution in [0.15, 0.2) is 11.0 Å². The summed E-state index contributed by atoms with van der Waals surface area (Å²) in [7, 11) is -3.56. The Hall–Kier alpha value is -1.40. The van der Waals surface area contributed by atoms with E-state index in [0.29, 0.717) is 36.9 Å². The fraction of sp³-hybridized carbons (Fsp3) is 0.708. The van der Waals surface area contributed by atoms with Crippen molar-refractivity contribution in [3.05, 3.63) is 28.3 Å². The normalized spacial score (nSPS) is 19.6. The summed E-state index contributed by atoms with van der Waals surface area (Å²) >= 11 is 0. The van der Waals surface area contributed by atoms with E-state index in [4.69, 9.17) is 0 Å². The molecule has 5 nitrogen and oxygen atoms in total. The van der Waals surface area contributed by atoms with E-state index >= 15 is 0 Å². The number of rotatable bonds is 5. The minimum Gasteiger partial charge on any atom is -0.337 e. The van der Waals surface area contributed by atoms with Gasteiger partial charge in [0.15, 0.2) is 0 Å². The Morgan fingerprint density at radius 3 is 1.93 bits per heavy atom. The van der Waals surface area contributed by atoms with Crippen LogP contribution in [0.2, 0.25) is 0 Å². The smallest absolute Gasteiger partial charge is 0.243 e. The first kappa shape index (κ1) is 23.3. The van der Waals surface area contributed by atoms with E-state index in [1.807, 2.05) is 27.7 Å². The molecule has 0 spiro atoms. The first-order chi connectivity index (χ1) is 14.1. The summed E-state index contributed by atoms with van der Waals surface area (Å²) in [6.45, 7) is 12.8. The van der Waals surface area contributed by atoms with Crippen molar-refractivity contribution >= 4 is 15.9 Å². The van der Waals surface area contributed by atoms with Crippen molar-refractivity contribution < 1.29 is 13.2 Å². The Kier molecular flexibility index (Phi) is 6.97. The van der Waals surface area contributed by atoms with E-state index in [2.05, 4.69) is 24.8 Å². The predicted molar refractivity (Wildman–Crippen MR) is 121 cm³/mol. The molecule has 1 heterocycles. The van der Waals surface area contributed by atoms with Gasteiger partial charge < -0.3 is 4.90 Å². The second-order valence-corrected chi connectivity index (χ2v) is 11.4. The van der Waals surface area contributed by atoms with Crippen LogP contribution in [0.25, 0.3) is 0 Å². The molecule has 3 rings (SSSR count). The van der Waals surface area contributed by atoms with E-state index in [1.54, 1.807) is 4.31 Å². The zero-order valence-electron chi connectivity index (χ0n) is 19.5. The zero-order valence-corrected chi connectivity index (χ0v) is 20.3. The van der Waals surface area contributed by atoms with Gasteiger partial charge in [-0.1, -0.05) is 18.9 Å². The molecule has 0 unspecified atom stereocenters. The molecule has 1 saturated heterocycles. The standard InChI is InChI=1S/C24H38N2O3S/c1-16(2)26(22-9-7-8-10-22)24(27)21-11-13-25(14-12-21)30(28,29)23-19(5)17(3)15-18(4)20(23)6/h15-16,21-22H,7-14H2,1-6H3. The number of piperidine rings is 1. The largest absolute Gasteiger partial charge is 0.337 e. The Labute approximate surface area is 182 Å². The highest BCUT2D eigenvalue weighted by molar-refractivity contribution is 7.89. The van der Waals surface area contributed by atoms with Crippen molar-refractivity contribution in [3.8, 4) is 0 Å². The summed E-state index contributed by atoms with van der Waals surface area (Å²) < 4.78 is 28.6. The van der Waals surface area contributed by atoms with Crippen LogP contribution in [0.5, 0.6) is 0 Å². The summed E-state index contributed by atoms with van der Waals surface area (Å²) in [5.41, 5.74) is 3.68. The van der Waals surface area contributed by atoms with Crippen LogP contribution in [-0.2, 0) is 14.8 Å². The number of carbonyl (C=O) groups is 1. The summed E-state index contributed by atoms with van der Waals surface area (Å²) in [4.78, 5) is 15.9. The van der Waals surface area contributed by atoms with Crippen LogP contribution in [0, 0.1) is 33.6 Å². The molecule has 1 aromatic rings. The monoisotopic (exact) mass is 434 g/mol. The Morgan fingerprint density at radius 1 is 0.967 bits per heavy atom. The van der Waals surface area contributed by atoms with Gasteiger partial charge in [-0.2, -0.15) is 4.31 Å². The zero-order chi connectivity index (χ0) is 22.2. The number of hydrogen-bond acceptors (Lipinski definition) is 3. The van der Waals surface area contributed by atoms with Crippen molar-refractivity contribution in [1.82, 2.24) is 9.21 Å². The number of sulfonamides is 1. The predicted octanol–water partition coefficient (Wildman–Crippen LogP) is 4.50. The summed E-state index contributed by atoms with van der Waals surface area (Å²) in [5, 5.41) is 0. The number of carbonyl (C=O) groups excluding carboxylic acids is 1.